The van der Waals surface area contributed by atoms with Gasteiger partial charge in [-0.15, -0.1) is 0 Å². The van der Waals surface area contributed by atoms with Crippen LogP contribution in [0.25, 0.3) is 0 Å². The number of hydrogen-bond donors (Lipinski definition) is 2. The van der Waals surface area contributed by atoms with Crippen LogP contribution >= 0.6 is 0 Å². The number of carbonyl (C=O) groups is 2. The molecule has 0 unspecified atom stereocenters. The van der Waals surface area contributed by atoms with Gasteiger partial charge in [-0.2, -0.15) is 0 Å². The van der Waals surface area contributed by atoms with E-state index in [2.05, 4.69) is 15.5 Å². The van der Waals surface area contributed by atoms with E-state index in [4.69, 9.17) is 0 Å². The van der Waals surface area contributed by atoms with Crippen molar-refractivity contribution < 1.29 is 14.0 Å². The highest BCUT2D eigenvalue weighted by atomic mass is 19.1. The maximum absolute atomic E-state index is 13.0. The van der Waals surface area contributed by atoms with Gasteiger partial charge in [-0.3, -0.25) is 14.5 Å². The number of amides is 2. The molecule has 2 N–H and O–H groups in total. The van der Waals surface area contributed by atoms with Crippen molar-refractivity contribution >= 4 is 17.5 Å². The van der Waals surface area contributed by atoms with E-state index in [1.165, 1.54) is 12.1 Å². The van der Waals surface area contributed by atoms with Crippen molar-refractivity contribution in [1.82, 2.24) is 10.2 Å². The van der Waals surface area contributed by atoms with E-state index in [1.54, 1.807) is 12.1 Å². The summed E-state index contributed by atoms with van der Waals surface area (Å²) in [4.78, 5) is 26.7. The van der Waals surface area contributed by atoms with Crippen molar-refractivity contribution in [2.45, 2.75) is 50.7 Å². The lowest BCUT2D eigenvalue weighted by atomic mass is 10.1. The van der Waals surface area contributed by atoms with E-state index < -0.39 is 0 Å². The van der Waals surface area contributed by atoms with Crippen molar-refractivity contribution in [2.75, 3.05) is 11.9 Å². The minimum Gasteiger partial charge on any atom is -0.349 e. The number of benzene rings is 2. The van der Waals surface area contributed by atoms with Gasteiger partial charge in [0, 0.05) is 42.8 Å². The molecule has 0 aliphatic heterocycles. The number of halogens is 1. The highest BCUT2D eigenvalue weighted by Crippen LogP contribution is 2.28. The molecule has 6 heteroatoms. The summed E-state index contributed by atoms with van der Waals surface area (Å²) in [6, 6.07) is 14.4. The third-order valence-electron chi connectivity index (χ3n) is 5.33. The molecular formula is C23H26FN3O2. The highest BCUT2D eigenvalue weighted by Gasteiger charge is 2.29. The monoisotopic (exact) mass is 395 g/mol. The summed E-state index contributed by atoms with van der Waals surface area (Å²) in [7, 11) is 0. The predicted molar refractivity (Wildman–Crippen MR) is 110 cm³/mol. The molecular weight excluding hydrogens is 369 g/mol. The fourth-order valence-corrected chi connectivity index (χ4v) is 3.32. The number of anilines is 1. The highest BCUT2D eigenvalue weighted by molar-refractivity contribution is 5.94. The topological polar surface area (TPSA) is 61.4 Å². The molecule has 2 aliphatic rings. The lowest BCUT2D eigenvalue weighted by molar-refractivity contribution is -0.116. The lowest BCUT2D eigenvalue weighted by Gasteiger charge is -2.22. The second kappa shape index (κ2) is 8.74. The van der Waals surface area contributed by atoms with Crippen molar-refractivity contribution in [3.05, 3.63) is 65.5 Å². The van der Waals surface area contributed by atoms with Crippen molar-refractivity contribution in [3.8, 4) is 0 Å². The maximum Gasteiger partial charge on any atom is 0.251 e. The molecule has 0 saturated heterocycles. The first-order valence-corrected chi connectivity index (χ1v) is 10.3. The lowest BCUT2D eigenvalue weighted by Crippen LogP contribution is -2.29. The molecule has 0 heterocycles. The van der Waals surface area contributed by atoms with Crippen LogP contribution in [-0.2, 0) is 11.3 Å². The molecule has 29 heavy (non-hydrogen) atoms. The Labute approximate surface area is 170 Å². The largest absolute Gasteiger partial charge is 0.349 e. The third kappa shape index (κ3) is 5.87. The number of nitrogens with one attached hydrogen (secondary N) is 2. The molecule has 0 aromatic heterocycles. The van der Waals surface area contributed by atoms with Gasteiger partial charge in [0.05, 0.1) is 0 Å². The summed E-state index contributed by atoms with van der Waals surface area (Å²) >= 11 is 0. The Bertz CT molecular complexity index is 859. The quantitative estimate of drug-likeness (QED) is 0.680. The summed E-state index contributed by atoms with van der Waals surface area (Å²) in [5, 5.41) is 5.81. The SMILES string of the molecule is O=C(CCN(Cc1ccc(C(=O)NC2CC2)cc1)C1CC1)Nc1ccc(F)cc1. The Balaban J connectivity index is 1.28. The van der Waals surface area contributed by atoms with Crippen LogP contribution < -0.4 is 10.6 Å². The van der Waals surface area contributed by atoms with Gasteiger partial charge >= 0.3 is 0 Å². The summed E-state index contributed by atoms with van der Waals surface area (Å²) in [5.74, 6) is -0.399. The molecule has 2 aromatic rings. The summed E-state index contributed by atoms with van der Waals surface area (Å²) in [5.41, 5.74) is 2.44. The average Bonchev–Trinajstić information content (AvgIpc) is 3.62. The first kappa shape index (κ1) is 19.6. The number of rotatable bonds is 9. The zero-order valence-corrected chi connectivity index (χ0v) is 16.4. The molecule has 2 aliphatic carbocycles. The van der Waals surface area contributed by atoms with Gasteiger partial charge < -0.3 is 10.6 Å². The molecule has 0 bridgehead atoms. The zero-order chi connectivity index (χ0) is 20.2. The number of carbonyl (C=O) groups excluding carboxylic acids is 2. The van der Waals surface area contributed by atoms with Crippen LogP contribution in [0.4, 0.5) is 10.1 Å². The van der Waals surface area contributed by atoms with Crippen LogP contribution in [0.3, 0.4) is 0 Å². The molecule has 4 rings (SSSR count). The van der Waals surface area contributed by atoms with Crippen LogP contribution in [-0.4, -0.2) is 35.3 Å². The Kier molecular flexibility index (Phi) is 5.90. The van der Waals surface area contributed by atoms with Crippen molar-refractivity contribution in [3.63, 3.8) is 0 Å². The van der Waals surface area contributed by atoms with Gasteiger partial charge in [-0.25, -0.2) is 4.39 Å². The molecule has 0 atom stereocenters. The molecule has 2 aromatic carbocycles. The molecule has 0 radical (unpaired) electrons. The summed E-state index contributed by atoms with van der Waals surface area (Å²) in [6.07, 6.45) is 4.85. The van der Waals surface area contributed by atoms with Gasteiger partial charge in [0.2, 0.25) is 5.91 Å². The Morgan fingerprint density at radius 1 is 0.966 bits per heavy atom. The molecule has 0 spiro atoms. The Morgan fingerprint density at radius 3 is 2.28 bits per heavy atom. The van der Waals surface area contributed by atoms with E-state index in [0.29, 0.717) is 36.3 Å². The van der Waals surface area contributed by atoms with E-state index in [1.807, 2.05) is 24.3 Å². The Morgan fingerprint density at radius 2 is 1.66 bits per heavy atom. The molecule has 5 nitrogen and oxygen atoms in total. The normalized spacial score (nSPS) is 15.9. The summed E-state index contributed by atoms with van der Waals surface area (Å²) < 4.78 is 13.0. The van der Waals surface area contributed by atoms with E-state index >= 15 is 0 Å². The minimum atomic E-state index is -0.320. The predicted octanol–water partition coefficient (Wildman–Crippen LogP) is 3.71. The van der Waals surface area contributed by atoms with Crippen molar-refractivity contribution in [2.24, 2.45) is 0 Å². The van der Waals surface area contributed by atoms with Crippen LogP contribution in [0.15, 0.2) is 48.5 Å². The molecule has 152 valence electrons. The second-order valence-electron chi connectivity index (χ2n) is 7.95. The summed E-state index contributed by atoms with van der Waals surface area (Å²) in [6.45, 7) is 1.43. The first-order valence-electron chi connectivity index (χ1n) is 10.3. The molecule has 2 amide bonds. The Hall–Kier alpha value is -2.73. The third-order valence-corrected chi connectivity index (χ3v) is 5.33. The van der Waals surface area contributed by atoms with Gasteiger partial charge in [-0.1, -0.05) is 12.1 Å². The first-order chi connectivity index (χ1) is 14.1. The second-order valence-corrected chi connectivity index (χ2v) is 7.95. The zero-order valence-electron chi connectivity index (χ0n) is 16.4. The van der Waals surface area contributed by atoms with Crippen LogP contribution in [0.5, 0.6) is 0 Å². The smallest absolute Gasteiger partial charge is 0.251 e. The van der Waals surface area contributed by atoms with E-state index in [-0.39, 0.29) is 17.6 Å². The van der Waals surface area contributed by atoms with Gasteiger partial charge in [0.25, 0.3) is 5.91 Å². The number of nitrogens with zero attached hydrogens (tertiary/aromatic N) is 1. The maximum atomic E-state index is 13.0. The van der Waals surface area contributed by atoms with Gasteiger partial charge in [0.15, 0.2) is 0 Å². The molecule has 2 saturated carbocycles. The van der Waals surface area contributed by atoms with Crippen LogP contribution in [0, 0.1) is 5.82 Å². The molecule has 2 fully saturated rings. The minimum absolute atomic E-state index is 0.00411. The van der Waals surface area contributed by atoms with E-state index in [0.717, 1.165) is 37.8 Å². The number of hydrogen-bond acceptors (Lipinski definition) is 3. The van der Waals surface area contributed by atoms with Crippen LogP contribution in [0.1, 0.15) is 48.0 Å². The van der Waals surface area contributed by atoms with Gasteiger partial charge in [-0.05, 0) is 67.6 Å². The van der Waals surface area contributed by atoms with Gasteiger partial charge in [0.1, 0.15) is 5.82 Å². The van der Waals surface area contributed by atoms with Crippen molar-refractivity contribution in [1.29, 1.82) is 0 Å². The average molecular weight is 395 g/mol. The van der Waals surface area contributed by atoms with Crippen LogP contribution in [0.2, 0.25) is 0 Å². The standard InChI is InChI=1S/C23H26FN3O2/c24-18-5-7-19(8-6-18)25-22(28)13-14-27(21-11-12-21)15-16-1-3-17(4-2-16)23(29)26-20-9-10-20/h1-8,20-21H,9-15H2,(H,25,28)(H,26,29). The fraction of sp³-hybridized carbons (Fsp3) is 0.391. The fourth-order valence-electron chi connectivity index (χ4n) is 3.32. The van der Waals surface area contributed by atoms with E-state index in [9.17, 15) is 14.0 Å².